The summed E-state index contributed by atoms with van der Waals surface area (Å²) in [4.78, 5) is 13.4. The van der Waals surface area contributed by atoms with Gasteiger partial charge >= 0.3 is 0 Å². The zero-order valence-electron chi connectivity index (χ0n) is 5.59. The van der Waals surface area contributed by atoms with Crippen LogP contribution in [-0.4, -0.2) is 21.1 Å². The van der Waals surface area contributed by atoms with E-state index in [2.05, 4.69) is 15.2 Å². The molecule has 0 aliphatic heterocycles. The molecule has 0 aromatic carbocycles. The minimum Gasteiger partial charge on any atom is -0.364 e. The minimum absolute atomic E-state index is 0.397. The molecule has 0 saturated carbocycles. The van der Waals surface area contributed by atoms with Crippen molar-refractivity contribution in [2.24, 2.45) is 5.73 Å². The van der Waals surface area contributed by atoms with Crippen molar-refractivity contribution in [3.05, 3.63) is 18.0 Å². The van der Waals surface area contributed by atoms with E-state index in [1.807, 2.05) is 0 Å². The number of fused-ring (bicyclic) bond motifs is 1. The summed E-state index contributed by atoms with van der Waals surface area (Å²) in [5, 5.41) is 7.29. The minimum atomic E-state index is -0.463. The summed E-state index contributed by atoms with van der Waals surface area (Å²) in [6.45, 7) is 0. The van der Waals surface area contributed by atoms with E-state index < -0.39 is 5.91 Å². The second-order valence-corrected chi connectivity index (χ2v) is 2.25. The zero-order chi connectivity index (χ0) is 7.84. The van der Waals surface area contributed by atoms with Crippen molar-refractivity contribution >= 4 is 16.9 Å². The van der Waals surface area contributed by atoms with Gasteiger partial charge in [-0.25, -0.2) is 0 Å². The lowest BCUT2D eigenvalue weighted by Gasteiger charge is -1.84. The molecule has 5 nitrogen and oxygen atoms in total. The van der Waals surface area contributed by atoms with Crippen LogP contribution in [0.2, 0.25) is 0 Å². The van der Waals surface area contributed by atoms with E-state index in [0.29, 0.717) is 5.69 Å². The summed E-state index contributed by atoms with van der Waals surface area (Å²) < 4.78 is 0. The van der Waals surface area contributed by atoms with Gasteiger partial charge < -0.3 is 10.7 Å². The Morgan fingerprint density at radius 2 is 2.45 bits per heavy atom. The Kier molecular flexibility index (Phi) is 1.00. The number of carbonyl (C=O) groups excluding carboxylic acids is 1. The molecule has 0 spiro atoms. The molecule has 11 heavy (non-hydrogen) atoms. The van der Waals surface area contributed by atoms with Crippen LogP contribution in [0.25, 0.3) is 11.0 Å². The molecule has 0 aliphatic rings. The lowest BCUT2D eigenvalue weighted by atomic mass is 10.4. The Morgan fingerprint density at radius 3 is 3.09 bits per heavy atom. The maximum absolute atomic E-state index is 10.6. The first kappa shape index (κ1) is 5.96. The number of carbonyl (C=O) groups is 1. The number of aromatic nitrogens is 3. The average Bonchev–Trinajstić information content (AvgIpc) is 2.40. The summed E-state index contributed by atoms with van der Waals surface area (Å²) in [5.41, 5.74) is 6.15. The second kappa shape index (κ2) is 1.85. The number of hydrogen-bond acceptors (Lipinski definition) is 2. The molecule has 4 N–H and O–H groups in total. The molecular formula is C6H6N4O. The molecule has 0 saturated heterocycles. The van der Waals surface area contributed by atoms with Crippen molar-refractivity contribution in [2.75, 3.05) is 0 Å². The second-order valence-electron chi connectivity index (χ2n) is 2.25. The van der Waals surface area contributed by atoms with Gasteiger partial charge in [0.1, 0.15) is 11.3 Å². The number of amides is 1. The predicted octanol–water partition coefficient (Wildman–Crippen LogP) is -0.0101. The zero-order valence-corrected chi connectivity index (χ0v) is 5.59. The van der Waals surface area contributed by atoms with E-state index in [1.165, 1.54) is 0 Å². The number of primary amides is 1. The van der Waals surface area contributed by atoms with E-state index >= 15 is 0 Å². The van der Waals surface area contributed by atoms with E-state index in [-0.39, 0.29) is 0 Å². The fraction of sp³-hybridized carbons (Fsp3) is 0. The van der Waals surface area contributed by atoms with Crippen LogP contribution >= 0.6 is 0 Å². The number of nitrogens with one attached hydrogen (secondary N) is 2. The van der Waals surface area contributed by atoms with Crippen LogP contribution in [0, 0.1) is 0 Å². The van der Waals surface area contributed by atoms with Gasteiger partial charge in [0.2, 0.25) is 0 Å². The molecular weight excluding hydrogens is 144 g/mol. The van der Waals surface area contributed by atoms with E-state index in [0.717, 1.165) is 11.0 Å². The van der Waals surface area contributed by atoms with E-state index in [4.69, 9.17) is 5.73 Å². The summed E-state index contributed by atoms with van der Waals surface area (Å²) in [6, 6.07) is 1.65. The van der Waals surface area contributed by atoms with E-state index in [9.17, 15) is 4.79 Å². The number of nitrogens with two attached hydrogens (primary N) is 1. The van der Waals surface area contributed by atoms with E-state index in [1.54, 1.807) is 12.3 Å². The lowest BCUT2D eigenvalue weighted by Crippen LogP contribution is -2.10. The highest BCUT2D eigenvalue weighted by Crippen LogP contribution is 2.10. The van der Waals surface area contributed by atoms with Gasteiger partial charge in [0.05, 0.1) is 6.20 Å². The maximum Gasteiger partial charge on any atom is 0.265 e. The van der Waals surface area contributed by atoms with Crippen molar-refractivity contribution in [1.29, 1.82) is 0 Å². The molecule has 1 amide bonds. The van der Waals surface area contributed by atoms with Crippen LogP contribution < -0.4 is 5.73 Å². The summed E-state index contributed by atoms with van der Waals surface area (Å²) in [5.74, 6) is -0.463. The Bertz CT molecular complexity index is 371. The molecule has 0 radical (unpaired) electrons. The summed E-state index contributed by atoms with van der Waals surface area (Å²) >= 11 is 0. The molecule has 0 unspecified atom stereocenters. The first-order chi connectivity index (χ1) is 5.27. The number of nitrogens with zero attached hydrogens (tertiary/aromatic N) is 1. The average molecular weight is 150 g/mol. The third kappa shape index (κ3) is 0.778. The predicted molar refractivity (Wildman–Crippen MR) is 39.0 cm³/mol. The fourth-order valence-electron chi connectivity index (χ4n) is 0.964. The van der Waals surface area contributed by atoms with Crippen molar-refractivity contribution in [3.8, 4) is 0 Å². The normalized spacial score (nSPS) is 10.5. The van der Waals surface area contributed by atoms with Gasteiger partial charge in [0, 0.05) is 5.39 Å². The summed E-state index contributed by atoms with van der Waals surface area (Å²) in [6.07, 6.45) is 1.62. The highest BCUT2D eigenvalue weighted by atomic mass is 16.1. The van der Waals surface area contributed by atoms with Crippen LogP contribution in [0.1, 0.15) is 10.5 Å². The largest absolute Gasteiger partial charge is 0.364 e. The van der Waals surface area contributed by atoms with Gasteiger partial charge in [-0.1, -0.05) is 0 Å². The standard InChI is InChI=1S/C6H6N4O/c7-5(11)4-1-3-2-8-10-6(3)9-4/h1-2H,(H2,7,11)(H2,8,9,10). The third-order valence-corrected chi connectivity index (χ3v) is 1.49. The number of rotatable bonds is 1. The smallest absolute Gasteiger partial charge is 0.265 e. The molecule has 2 heterocycles. The lowest BCUT2D eigenvalue weighted by molar-refractivity contribution is 0.0996. The Labute approximate surface area is 61.6 Å². The maximum atomic E-state index is 10.6. The Hall–Kier alpha value is -1.78. The number of hydrogen-bond donors (Lipinski definition) is 3. The molecule has 0 bridgehead atoms. The molecule has 2 rings (SSSR count). The molecule has 0 fully saturated rings. The highest BCUT2D eigenvalue weighted by Gasteiger charge is 2.05. The van der Waals surface area contributed by atoms with Gasteiger partial charge in [0.15, 0.2) is 0 Å². The van der Waals surface area contributed by atoms with Gasteiger partial charge in [-0.3, -0.25) is 9.89 Å². The Morgan fingerprint density at radius 1 is 1.64 bits per heavy atom. The molecule has 0 atom stereocenters. The first-order valence-electron chi connectivity index (χ1n) is 3.09. The molecule has 5 heteroatoms. The first-order valence-corrected chi connectivity index (χ1v) is 3.09. The molecule has 2 aromatic heterocycles. The molecule has 56 valence electrons. The van der Waals surface area contributed by atoms with Crippen molar-refractivity contribution in [3.63, 3.8) is 0 Å². The fourth-order valence-corrected chi connectivity index (χ4v) is 0.964. The van der Waals surface area contributed by atoms with Crippen LogP contribution in [0.5, 0.6) is 0 Å². The van der Waals surface area contributed by atoms with Gasteiger partial charge in [-0.05, 0) is 6.07 Å². The van der Waals surface area contributed by atoms with Gasteiger partial charge in [-0.15, -0.1) is 0 Å². The number of aromatic amines is 2. The monoisotopic (exact) mass is 150 g/mol. The summed E-state index contributed by atoms with van der Waals surface area (Å²) in [7, 11) is 0. The Balaban J connectivity index is 2.67. The van der Waals surface area contributed by atoms with Gasteiger partial charge in [-0.2, -0.15) is 5.10 Å². The quantitative estimate of drug-likeness (QED) is 0.533. The number of H-pyrrole nitrogens is 2. The van der Waals surface area contributed by atoms with Crippen molar-refractivity contribution in [1.82, 2.24) is 15.2 Å². The third-order valence-electron chi connectivity index (χ3n) is 1.49. The molecule has 2 aromatic rings. The molecule has 0 aliphatic carbocycles. The topological polar surface area (TPSA) is 87.6 Å². The van der Waals surface area contributed by atoms with Crippen LogP contribution in [-0.2, 0) is 0 Å². The highest BCUT2D eigenvalue weighted by molar-refractivity contribution is 5.95. The van der Waals surface area contributed by atoms with Crippen LogP contribution in [0.3, 0.4) is 0 Å². The van der Waals surface area contributed by atoms with Crippen LogP contribution in [0.15, 0.2) is 12.3 Å². The van der Waals surface area contributed by atoms with Crippen LogP contribution in [0.4, 0.5) is 0 Å². The van der Waals surface area contributed by atoms with Gasteiger partial charge in [0.25, 0.3) is 5.91 Å². The van der Waals surface area contributed by atoms with Crippen molar-refractivity contribution in [2.45, 2.75) is 0 Å². The SMILES string of the molecule is NC(=O)c1cc2cn[nH]c2[nH]1. The van der Waals surface area contributed by atoms with Crippen molar-refractivity contribution < 1.29 is 4.79 Å².